The number of carbonyl (C=O) groups excluding carboxylic acids is 1. The van der Waals surface area contributed by atoms with E-state index in [-0.39, 0.29) is 5.91 Å². The molecule has 2 aliphatic rings. The molecular weight excluding hydrogens is 324 g/mol. The summed E-state index contributed by atoms with van der Waals surface area (Å²) in [5, 5.41) is 6.26. The van der Waals surface area contributed by atoms with Gasteiger partial charge in [0.05, 0.1) is 11.8 Å². The molecule has 0 spiro atoms. The Bertz CT molecular complexity index is 699. The molecule has 2 fully saturated rings. The molecule has 0 aromatic carbocycles. The van der Waals surface area contributed by atoms with Gasteiger partial charge in [0.1, 0.15) is 5.69 Å². The van der Waals surface area contributed by atoms with E-state index >= 15 is 0 Å². The first kappa shape index (κ1) is 15.7. The Labute approximate surface area is 145 Å². The lowest BCUT2D eigenvalue weighted by Gasteiger charge is -2.13. The monoisotopic (exact) mass is 346 g/mol. The number of amides is 1. The molecule has 0 unspecified atom stereocenters. The van der Waals surface area contributed by atoms with Crippen LogP contribution in [0.3, 0.4) is 0 Å². The van der Waals surface area contributed by atoms with Gasteiger partial charge in [-0.2, -0.15) is 0 Å². The number of carbonyl (C=O) groups is 1. The van der Waals surface area contributed by atoms with Crippen molar-refractivity contribution in [2.45, 2.75) is 31.8 Å². The largest absolute Gasteiger partial charge is 0.376 e. The van der Waals surface area contributed by atoms with Gasteiger partial charge in [0, 0.05) is 43.4 Å². The van der Waals surface area contributed by atoms with Gasteiger partial charge in [-0.1, -0.05) is 0 Å². The number of hydrogen-bond donors (Lipinski definition) is 2. The van der Waals surface area contributed by atoms with E-state index in [4.69, 9.17) is 4.74 Å². The molecule has 2 N–H and O–H groups in total. The van der Waals surface area contributed by atoms with Crippen LogP contribution in [0.15, 0.2) is 17.6 Å². The average molecular weight is 346 g/mol. The van der Waals surface area contributed by atoms with E-state index in [0.29, 0.717) is 11.8 Å². The maximum absolute atomic E-state index is 12.4. The molecule has 2 saturated heterocycles. The van der Waals surface area contributed by atoms with E-state index in [1.807, 2.05) is 22.5 Å². The van der Waals surface area contributed by atoms with Crippen molar-refractivity contribution in [2.24, 2.45) is 0 Å². The molecule has 7 heteroatoms. The number of nitrogens with zero attached hydrogens (tertiary/aromatic N) is 2. The van der Waals surface area contributed by atoms with Crippen LogP contribution >= 0.6 is 11.3 Å². The molecule has 6 nitrogen and oxygen atoms in total. The van der Waals surface area contributed by atoms with E-state index < -0.39 is 0 Å². The Morgan fingerprint density at radius 2 is 2.29 bits per heavy atom. The molecule has 0 bridgehead atoms. The summed E-state index contributed by atoms with van der Waals surface area (Å²) < 4.78 is 5.61. The lowest BCUT2D eigenvalue weighted by molar-refractivity contribution is 0.0787. The molecule has 0 saturated carbocycles. The Morgan fingerprint density at radius 3 is 3.08 bits per heavy atom. The highest BCUT2D eigenvalue weighted by atomic mass is 32.1. The lowest BCUT2D eigenvalue weighted by atomic mass is 10.2. The van der Waals surface area contributed by atoms with Crippen LogP contribution in [0.4, 0.5) is 5.13 Å². The predicted octanol–water partition coefficient (Wildman–Crippen LogP) is 2.97. The van der Waals surface area contributed by atoms with Gasteiger partial charge in [0.2, 0.25) is 0 Å². The molecular formula is C17H22N4O2S. The number of nitrogens with one attached hydrogen (secondary N) is 2. The summed E-state index contributed by atoms with van der Waals surface area (Å²) in [6.07, 6.45) is 6.63. The maximum atomic E-state index is 12.4. The smallest absolute Gasteiger partial charge is 0.270 e. The van der Waals surface area contributed by atoms with E-state index in [9.17, 15) is 4.79 Å². The topological polar surface area (TPSA) is 70.2 Å². The Morgan fingerprint density at radius 1 is 1.42 bits per heavy atom. The minimum Gasteiger partial charge on any atom is -0.376 e. The van der Waals surface area contributed by atoms with Gasteiger partial charge in [0.15, 0.2) is 5.13 Å². The zero-order chi connectivity index (χ0) is 16.4. The van der Waals surface area contributed by atoms with Gasteiger partial charge < -0.3 is 19.9 Å². The second kappa shape index (κ2) is 6.94. The van der Waals surface area contributed by atoms with Gasteiger partial charge in [0.25, 0.3) is 5.91 Å². The Kier molecular flexibility index (Phi) is 4.53. The average Bonchev–Trinajstić information content (AvgIpc) is 3.41. The molecule has 4 rings (SSSR count). The number of aromatic amines is 1. The van der Waals surface area contributed by atoms with Gasteiger partial charge in [-0.15, -0.1) is 11.3 Å². The normalized spacial score (nSPS) is 20.7. The summed E-state index contributed by atoms with van der Waals surface area (Å²) >= 11 is 1.58. The molecule has 0 radical (unpaired) electrons. The second-order valence-corrected chi connectivity index (χ2v) is 7.21. The van der Waals surface area contributed by atoms with Gasteiger partial charge in [-0.3, -0.25) is 4.79 Å². The Balaban J connectivity index is 1.39. The summed E-state index contributed by atoms with van der Waals surface area (Å²) in [6.45, 7) is 3.40. The molecule has 2 aromatic heterocycles. The third-order valence-electron chi connectivity index (χ3n) is 4.61. The molecule has 4 heterocycles. The number of likely N-dealkylation sites (tertiary alicyclic amines) is 1. The summed E-state index contributed by atoms with van der Waals surface area (Å²) in [4.78, 5) is 22.0. The van der Waals surface area contributed by atoms with Crippen molar-refractivity contribution in [2.75, 3.05) is 31.6 Å². The van der Waals surface area contributed by atoms with E-state index in [2.05, 4.69) is 15.3 Å². The van der Waals surface area contributed by atoms with Gasteiger partial charge in [-0.25, -0.2) is 4.98 Å². The SMILES string of the molecule is O=C(c1cc(-c2csc(NC[C@@H]3CCCO3)n2)c[nH]1)N1CCCC1. The Hall–Kier alpha value is -1.86. The minimum absolute atomic E-state index is 0.0886. The molecule has 1 amide bonds. The summed E-state index contributed by atoms with van der Waals surface area (Å²) in [7, 11) is 0. The van der Waals surface area contributed by atoms with Crippen LogP contribution in [0.1, 0.15) is 36.2 Å². The number of aromatic nitrogens is 2. The van der Waals surface area contributed by atoms with Crippen molar-refractivity contribution < 1.29 is 9.53 Å². The fourth-order valence-corrected chi connectivity index (χ4v) is 3.98. The van der Waals surface area contributed by atoms with Crippen LogP contribution in [-0.4, -0.2) is 53.1 Å². The summed E-state index contributed by atoms with van der Waals surface area (Å²) in [5.74, 6) is 0.0886. The number of ether oxygens (including phenoxy) is 1. The number of H-pyrrole nitrogens is 1. The third kappa shape index (κ3) is 3.32. The van der Waals surface area contributed by atoms with Crippen molar-refractivity contribution >= 4 is 22.4 Å². The zero-order valence-corrected chi connectivity index (χ0v) is 14.4. The van der Waals surface area contributed by atoms with Crippen LogP contribution < -0.4 is 5.32 Å². The highest BCUT2D eigenvalue weighted by Crippen LogP contribution is 2.26. The van der Waals surface area contributed by atoms with Crippen LogP contribution in [0.25, 0.3) is 11.3 Å². The van der Waals surface area contributed by atoms with Crippen molar-refractivity contribution in [1.82, 2.24) is 14.9 Å². The van der Waals surface area contributed by atoms with E-state index in [0.717, 1.165) is 68.3 Å². The summed E-state index contributed by atoms with van der Waals surface area (Å²) in [6, 6.07) is 1.90. The molecule has 0 aliphatic carbocycles. The first-order valence-electron chi connectivity index (χ1n) is 8.59. The third-order valence-corrected chi connectivity index (χ3v) is 5.41. The molecule has 1 atom stereocenters. The van der Waals surface area contributed by atoms with Crippen molar-refractivity contribution in [3.63, 3.8) is 0 Å². The lowest BCUT2D eigenvalue weighted by Crippen LogP contribution is -2.27. The molecule has 2 aliphatic heterocycles. The number of anilines is 1. The van der Waals surface area contributed by atoms with Gasteiger partial charge in [-0.05, 0) is 31.7 Å². The quantitative estimate of drug-likeness (QED) is 0.873. The number of hydrogen-bond acceptors (Lipinski definition) is 5. The zero-order valence-electron chi connectivity index (χ0n) is 13.6. The standard InChI is InChI=1S/C17H22N4O2S/c22-16(21-5-1-2-6-21)14-8-12(9-18-14)15-11-24-17(20-15)19-10-13-4-3-7-23-13/h8-9,11,13,18H,1-7,10H2,(H,19,20)/t13-/m0/s1. The maximum Gasteiger partial charge on any atom is 0.270 e. The molecule has 128 valence electrons. The first-order valence-corrected chi connectivity index (χ1v) is 9.46. The fraction of sp³-hybridized carbons (Fsp3) is 0.529. The first-order chi connectivity index (χ1) is 11.8. The second-order valence-electron chi connectivity index (χ2n) is 6.36. The van der Waals surface area contributed by atoms with Gasteiger partial charge >= 0.3 is 0 Å². The van der Waals surface area contributed by atoms with Crippen molar-refractivity contribution in [3.8, 4) is 11.3 Å². The van der Waals surface area contributed by atoms with E-state index in [1.54, 1.807) is 11.3 Å². The fourth-order valence-electron chi connectivity index (χ4n) is 3.25. The highest BCUT2D eigenvalue weighted by Gasteiger charge is 2.21. The predicted molar refractivity (Wildman–Crippen MR) is 94.5 cm³/mol. The van der Waals surface area contributed by atoms with Crippen LogP contribution in [0.2, 0.25) is 0 Å². The van der Waals surface area contributed by atoms with Crippen LogP contribution in [-0.2, 0) is 4.74 Å². The van der Waals surface area contributed by atoms with Crippen LogP contribution in [0, 0.1) is 0 Å². The number of rotatable bonds is 5. The minimum atomic E-state index is 0.0886. The van der Waals surface area contributed by atoms with Crippen molar-refractivity contribution in [3.05, 3.63) is 23.3 Å². The molecule has 2 aromatic rings. The number of thiazole rings is 1. The molecule has 24 heavy (non-hydrogen) atoms. The summed E-state index contributed by atoms with van der Waals surface area (Å²) in [5.41, 5.74) is 2.50. The van der Waals surface area contributed by atoms with Crippen LogP contribution in [0.5, 0.6) is 0 Å². The van der Waals surface area contributed by atoms with E-state index in [1.165, 1.54) is 0 Å². The highest BCUT2D eigenvalue weighted by molar-refractivity contribution is 7.14. The van der Waals surface area contributed by atoms with Crippen molar-refractivity contribution in [1.29, 1.82) is 0 Å².